The van der Waals surface area contributed by atoms with Gasteiger partial charge in [0.15, 0.2) is 17.3 Å². The van der Waals surface area contributed by atoms with E-state index in [9.17, 15) is 0 Å². The Kier molecular flexibility index (Phi) is 6.77. The third-order valence-corrected chi connectivity index (χ3v) is 5.19. The molecule has 0 fully saturated rings. The highest BCUT2D eigenvalue weighted by molar-refractivity contribution is 7.71. The van der Waals surface area contributed by atoms with Gasteiger partial charge in [0.2, 0.25) is 4.77 Å². The lowest BCUT2D eigenvalue weighted by molar-refractivity contribution is 0.284. The second-order valence-electron chi connectivity index (χ2n) is 7.32. The van der Waals surface area contributed by atoms with E-state index in [1.165, 1.54) is 5.56 Å². The van der Waals surface area contributed by atoms with E-state index in [1.807, 2.05) is 60.7 Å². The van der Waals surface area contributed by atoms with Gasteiger partial charge in [0.05, 0.1) is 13.3 Å². The number of methoxy groups -OCH3 is 1. The maximum atomic E-state index is 6.15. The minimum absolute atomic E-state index is 0.424. The van der Waals surface area contributed by atoms with Crippen LogP contribution >= 0.6 is 12.2 Å². The van der Waals surface area contributed by atoms with Gasteiger partial charge in [-0.1, -0.05) is 66.2 Å². The highest BCUT2D eigenvalue weighted by atomic mass is 32.1. The number of benzene rings is 3. The third kappa shape index (κ3) is 5.12. The molecule has 0 aliphatic heterocycles. The summed E-state index contributed by atoms with van der Waals surface area (Å²) in [5.74, 6) is 1.99. The SMILES string of the molecule is COc1cccc(/C=N\n2c(Cc3ccccc3)n[nH]c2=S)c1OCc1cccc(C)c1. The molecular formula is C25H24N4O2S. The van der Waals surface area contributed by atoms with Gasteiger partial charge in [0, 0.05) is 12.0 Å². The van der Waals surface area contributed by atoms with E-state index in [0.717, 1.165) is 22.5 Å². The molecule has 162 valence electrons. The van der Waals surface area contributed by atoms with Crippen LogP contribution in [0.25, 0.3) is 0 Å². The molecule has 32 heavy (non-hydrogen) atoms. The molecule has 1 heterocycles. The van der Waals surface area contributed by atoms with E-state index in [2.05, 4.69) is 34.4 Å². The summed E-state index contributed by atoms with van der Waals surface area (Å²) in [6.07, 6.45) is 2.33. The number of para-hydroxylation sites is 1. The number of hydrogen-bond acceptors (Lipinski definition) is 5. The van der Waals surface area contributed by atoms with Crippen molar-refractivity contribution >= 4 is 18.4 Å². The smallest absolute Gasteiger partial charge is 0.216 e. The van der Waals surface area contributed by atoms with E-state index in [4.69, 9.17) is 21.7 Å². The fourth-order valence-corrected chi connectivity index (χ4v) is 3.56. The number of ether oxygens (including phenoxy) is 2. The summed E-state index contributed by atoms with van der Waals surface area (Å²) in [6.45, 7) is 2.49. The van der Waals surface area contributed by atoms with Gasteiger partial charge in [-0.05, 0) is 42.4 Å². The molecule has 1 aromatic heterocycles. The van der Waals surface area contributed by atoms with E-state index >= 15 is 0 Å². The summed E-state index contributed by atoms with van der Waals surface area (Å²) in [6, 6.07) is 24.0. The second-order valence-corrected chi connectivity index (χ2v) is 7.71. The summed E-state index contributed by atoms with van der Waals surface area (Å²) in [7, 11) is 1.62. The van der Waals surface area contributed by atoms with Crippen LogP contribution in [-0.2, 0) is 13.0 Å². The van der Waals surface area contributed by atoms with Crippen LogP contribution in [0.2, 0.25) is 0 Å². The minimum atomic E-state index is 0.424. The highest BCUT2D eigenvalue weighted by Gasteiger charge is 2.11. The van der Waals surface area contributed by atoms with Crippen LogP contribution in [0.5, 0.6) is 11.5 Å². The van der Waals surface area contributed by atoms with Gasteiger partial charge in [-0.15, -0.1) is 0 Å². The molecule has 1 N–H and O–H groups in total. The highest BCUT2D eigenvalue weighted by Crippen LogP contribution is 2.31. The largest absolute Gasteiger partial charge is 0.493 e. The summed E-state index contributed by atoms with van der Waals surface area (Å²) < 4.78 is 13.7. The Hall–Kier alpha value is -3.71. The van der Waals surface area contributed by atoms with Crippen LogP contribution in [0.1, 0.15) is 28.1 Å². The number of aromatic amines is 1. The Morgan fingerprint density at radius 3 is 2.59 bits per heavy atom. The lowest BCUT2D eigenvalue weighted by Crippen LogP contribution is -2.03. The maximum absolute atomic E-state index is 6.15. The zero-order chi connectivity index (χ0) is 22.3. The lowest BCUT2D eigenvalue weighted by atomic mass is 10.1. The van der Waals surface area contributed by atoms with Gasteiger partial charge >= 0.3 is 0 Å². The molecule has 0 aliphatic rings. The predicted octanol–water partition coefficient (Wildman–Crippen LogP) is 5.31. The van der Waals surface area contributed by atoms with Gasteiger partial charge in [-0.25, -0.2) is 0 Å². The average molecular weight is 445 g/mol. The van der Waals surface area contributed by atoms with Crippen LogP contribution in [0.15, 0.2) is 77.9 Å². The molecule has 6 nitrogen and oxygen atoms in total. The molecular weight excluding hydrogens is 420 g/mol. The molecule has 0 radical (unpaired) electrons. The Balaban J connectivity index is 1.61. The number of H-pyrrole nitrogens is 1. The van der Waals surface area contributed by atoms with Crippen LogP contribution in [0.3, 0.4) is 0 Å². The van der Waals surface area contributed by atoms with E-state index in [1.54, 1.807) is 18.0 Å². The molecule has 0 spiro atoms. The van der Waals surface area contributed by atoms with Crippen LogP contribution < -0.4 is 9.47 Å². The fraction of sp³-hybridized carbons (Fsp3) is 0.160. The molecule has 0 saturated heterocycles. The van der Waals surface area contributed by atoms with Gasteiger partial charge in [0.25, 0.3) is 0 Å². The van der Waals surface area contributed by atoms with Crippen molar-refractivity contribution in [3.63, 3.8) is 0 Å². The minimum Gasteiger partial charge on any atom is -0.493 e. The number of rotatable bonds is 8. The van der Waals surface area contributed by atoms with E-state index in [-0.39, 0.29) is 0 Å². The van der Waals surface area contributed by atoms with Gasteiger partial charge in [0.1, 0.15) is 6.61 Å². The third-order valence-electron chi connectivity index (χ3n) is 4.93. The molecule has 0 atom stereocenters. The standard InChI is InChI=1S/C25H24N4O2S/c1-18-8-6-11-20(14-18)17-31-24-21(12-7-13-22(24)30-2)16-26-29-23(27-28-25(29)32)15-19-9-4-3-5-10-19/h3-14,16H,15,17H2,1-2H3,(H,28,32)/b26-16-. The molecule has 4 rings (SSSR count). The Labute approximate surface area is 192 Å². The van der Waals surface area contributed by atoms with Crippen molar-refractivity contribution in [3.8, 4) is 11.5 Å². The van der Waals surface area contributed by atoms with Crippen molar-refractivity contribution in [2.45, 2.75) is 20.0 Å². The number of nitrogens with one attached hydrogen (secondary N) is 1. The Morgan fingerprint density at radius 1 is 1.03 bits per heavy atom. The molecule has 0 bridgehead atoms. The molecule has 0 amide bonds. The Bertz CT molecular complexity index is 1280. The van der Waals surface area contributed by atoms with Crippen LogP contribution in [-0.4, -0.2) is 28.2 Å². The van der Waals surface area contributed by atoms with Crippen molar-refractivity contribution in [1.29, 1.82) is 0 Å². The molecule has 3 aromatic carbocycles. The van der Waals surface area contributed by atoms with E-state index in [0.29, 0.717) is 29.3 Å². The first-order chi connectivity index (χ1) is 15.6. The molecule has 0 saturated carbocycles. The summed E-state index contributed by atoms with van der Waals surface area (Å²) in [4.78, 5) is 0. The van der Waals surface area contributed by atoms with Gasteiger partial charge < -0.3 is 9.47 Å². The molecule has 7 heteroatoms. The zero-order valence-corrected chi connectivity index (χ0v) is 18.8. The first kappa shape index (κ1) is 21.5. The fourth-order valence-electron chi connectivity index (χ4n) is 3.36. The number of aromatic nitrogens is 3. The van der Waals surface area contributed by atoms with E-state index < -0.39 is 0 Å². The summed E-state index contributed by atoms with van der Waals surface area (Å²) >= 11 is 5.39. The topological polar surface area (TPSA) is 64.4 Å². The molecule has 0 aliphatic carbocycles. The molecule has 4 aromatic rings. The van der Waals surface area contributed by atoms with Gasteiger partial charge in [-0.3, -0.25) is 5.10 Å². The maximum Gasteiger partial charge on any atom is 0.216 e. The van der Waals surface area contributed by atoms with Crippen molar-refractivity contribution < 1.29 is 9.47 Å². The predicted molar refractivity (Wildman–Crippen MR) is 128 cm³/mol. The summed E-state index contributed by atoms with van der Waals surface area (Å²) in [5.41, 5.74) is 4.18. The first-order valence-corrected chi connectivity index (χ1v) is 10.6. The molecule has 0 unspecified atom stereocenters. The van der Waals surface area contributed by atoms with Crippen molar-refractivity contribution in [1.82, 2.24) is 14.9 Å². The summed E-state index contributed by atoms with van der Waals surface area (Å²) in [5, 5.41) is 11.8. The normalized spacial score (nSPS) is 11.1. The second kappa shape index (κ2) is 10.1. The van der Waals surface area contributed by atoms with Crippen LogP contribution in [0.4, 0.5) is 0 Å². The average Bonchev–Trinajstić information content (AvgIpc) is 3.16. The number of aryl methyl sites for hydroxylation is 1. The van der Waals surface area contributed by atoms with Gasteiger partial charge in [-0.2, -0.15) is 14.9 Å². The van der Waals surface area contributed by atoms with Crippen molar-refractivity contribution in [2.75, 3.05) is 7.11 Å². The van der Waals surface area contributed by atoms with Crippen molar-refractivity contribution in [3.05, 3.63) is 106 Å². The first-order valence-electron chi connectivity index (χ1n) is 10.2. The van der Waals surface area contributed by atoms with Crippen LogP contribution in [0, 0.1) is 11.7 Å². The monoisotopic (exact) mass is 444 g/mol. The zero-order valence-electron chi connectivity index (χ0n) is 18.0. The Morgan fingerprint density at radius 2 is 1.81 bits per heavy atom. The van der Waals surface area contributed by atoms with Crippen molar-refractivity contribution in [2.24, 2.45) is 5.10 Å². The number of hydrogen-bond donors (Lipinski definition) is 1. The quantitative estimate of drug-likeness (QED) is 0.295. The lowest BCUT2D eigenvalue weighted by Gasteiger charge is -2.13. The number of nitrogens with zero attached hydrogens (tertiary/aromatic N) is 3.